The molecule has 0 aliphatic carbocycles. The van der Waals surface area contributed by atoms with Gasteiger partial charge in [-0.2, -0.15) is 0 Å². The van der Waals surface area contributed by atoms with E-state index in [2.05, 4.69) is 6.92 Å². The van der Waals surface area contributed by atoms with Gasteiger partial charge < -0.3 is 14.2 Å². The molecule has 0 unspecified atom stereocenters. The van der Waals surface area contributed by atoms with Crippen LogP contribution >= 0.6 is 0 Å². The van der Waals surface area contributed by atoms with Gasteiger partial charge in [0.05, 0.1) is 30.9 Å². The molecular formula is C42H58O6. The lowest BCUT2D eigenvalue weighted by molar-refractivity contribution is 0.0483. The van der Waals surface area contributed by atoms with Crippen LogP contribution in [0.25, 0.3) is 0 Å². The van der Waals surface area contributed by atoms with Gasteiger partial charge in [-0.15, -0.1) is 0 Å². The molecule has 3 aromatic carbocycles. The number of hydrogen-bond acceptors (Lipinski definition) is 6. The van der Waals surface area contributed by atoms with Crippen molar-refractivity contribution in [1.82, 2.24) is 0 Å². The van der Waals surface area contributed by atoms with Gasteiger partial charge in [0.1, 0.15) is 5.75 Å². The van der Waals surface area contributed by atoms with Crippen molar-refractivity contribution in [3.05, 3.63) is 99.6 Å². The van der Waals surface area contributed by atoms with Crippen LogP contribution in [0.4, 0.5) is 0 Å². The highest BCUT2D eigenvalue weighted by atomic mass is 16.5. The number of hydrogen-bond donors (Lipinski definition) is 0. The van der Waals surface area contributed by atoms with Crippen molar-refractivity contribution in [2.24, 2.45) is 0 Å². The third-order valence-corrected chi connectivity index (χ3v) is 8.26. The average molecular weight is 659 g/mol. The van der Waals surface area contributed by atoms with Gasteiger partial charge in [0.2, 0.25) is 0 Å². The van der Waals surface area contributed by atoms with Crippen LogP contribution in [0.5, 0.6) is 5.75 Å². The van der Waals surface area contributed by atoms with E-state index in [0.717, 1.165) is 85.1 Å². The Kier molecular flexibility index (Phi) is 19.6. The highest BCUT2D eigenvalue weighted by molar-refractivity contribution is 5.94. The molecule has 0 heterocycles. The number of carbonyl (C=O) groups is 3. The van der Waals surface area contributed by atoms with Crippen molar-refractivity contribution in [2.75, 3.05) is 19.8 Å². The fourth-order valence-corrected chi connectivity index (χ4v) is 5.17. The van der Waals surface area contributed by atoms with E-state index in [1.54, 1.807) is 6.92 Å². The molecule has 0 aliphatic rings. The van der Waals surface area contributed by atoms with Crippen molar-refractivity contribution < 1.29 is 28.6 Å². The summed E-state index contributed by atoms with van der Waals surface area (Å²) in [4.78, 5) is 35.4. The first-order valence-electron chi connectivity index (χ1n) is 17.8. The fraction of sp³-hybridized carbons (Fsp3) is 0.500. The number of esters is 2. The molecule has 48 heavy (non-hydrogen) atoms. The van der Waals surface area contributed by atoms with Crippen LogP contribution in [0.15, 0.2) is 60.7 Å². The minimum atomic E-state index is -0.234. The van der Waals surface area contributed by atoms with Gasteiger partial charge >= 0.3 is 11.9 Å². The number of rotatable bonds is 20. The van der Waals surface area contributed by atoms with Crippen molar-refractivity contribution in [1.29, 1.82) is 0 Å². The van der Waals surface area contributed by atoms with E-state index in [1.807, 2.05) is 88.4 Å². The summed E-state index contributed by atoms with van der Waals surface area (Å²) < 4.78 is 16.4. The average Bonchev–Trinajstić information content (AvgIpc) is 3.07. The number of carbonyl (C=O) groups excluding carboxylic acids is 3. The standard InChI is InChI=1S/C26H34O4.C16H24O2/c1-19-11-13-21(3)23(17-19)25(27)29-15-9-7-5-6-8-10-16-30-26(28)24-18-20(2)12-14-22(24)4;1-3-4-5-6-7-8-13-18-16-11-9-15(10-12-16)14(2)17/h11-14,17-18H,5-10,15-16H2,1-4H3;9-12H,3-8,13H2,1-2H3. The summed E-state index contributed by atoms with van der Waals surface area (Å²) in [5.74, 6) is 0.481. The predicted octanol–water partition coefficient (Wildman–Crippen LogP) is 10.9. The Hall–Kier alpha value is -3.93. The Morgan fingerprint density at radius 3 is 1.38 bits per heavy atom. The number of aryl methyl sites for hydroxylation is 4. The first-order valence-corrected chi connectivity index (χ1v) is 17.8. The number of benzene rings is 3. The maximum absolute atomic E-state index is 12.2. The SMILES string of the molecule is CCCCCCCCOc1ccc(C(C)=O)cc1.Cc1ccc(C)c(C(=O)OCCCCCCCCOC(=O)c2cc(C)ccc2C)c1. The second-order valence-electron chi connectivity index (χ2n) is 12.7. The van der Waals surface area contributed by atoms with Gasteiger partial charge in [0, 0.05) is 5.56 Å². The third kappa shape index (κ3) is 16.3. The van der Waals surface area contributed by atoms with Crippen LogP contribution in [0.3, 0.4) is 0 Å². The molecule has 0 atom stereocenters. The zero-order chi connectivity index (χ0) is 35.1. The maximum Gasteiger partial charge on any atom is 0.338 e. The number of unbranched alkanes of at least 4 members (excludes halogenated alkanes) is 10. The molecule has 0 amide bonds. The first-order chi connectivity index (χ1) is 23.1. The van der Waals surface area contributed by atoms with Crippen molar-refractivity contribution in [2.45, 2.75) is 119 Å². The lowest BCUT2D eigenvalue weighted by Crippen LogP contribution is -2.09. The Balaban J connectivity index is 0.000000379. The highest BCUT2D eigenvalue weighted by Crippen LogP contribution is 2.16. The Morgan fingerprint density at radius 1 is 0.521 bits per heavy atom. The molecule has 0 aromatic heterocycles. The van der Waals surface area contributed by atoms with E-state index in [4.69, 9.17) is 14.2 Å². The van der Waals surface area contributed by atoms with E-state index >= 15 is 0 Å². The molecule has 0 saturated carbocycles. The van der Waals surface area contributed by atoms with Crippen LogP contribution < -0.4 is 4.74 Å². The minimum absolute atomic E-state index is 0.0949. The van der Waals surface area contributed by atoms with Crippen LogP contribution in [0.1, 0.15) is 144 Å². The van der Waals surface area contributed by atoms with E-state index in [-0.39, 0.29) is 17.7 Å². The van der Waals surface area contributed by atoms with Gasteiger partial charge in [0.25, 0.3) is 0 Å². The van der Waals surface area contributed by atoms with Gasteiger partial charge in [0.15, 0.2) is 5.78 Å². The Bertz CT molecular complexity index is 1320. The van der Waals surface area contributed by atoms with Crippen LogP contribution in [0.2, 0.25) is 0 Å². The number of Topliss-reactive ketones (excluding diaryl/α,β-unsaturated/α-hetero) is 1. The summed E-state index contributed by atoms with van der Waals surface area (Å²) >= 11 is 0. The monoisotopic (exact) mass is 658 g/mol. The van der Waals surface area contributed by atoms with Crippen molar-refractivity contribution in [3.8, 4) is 5.75 Å². The van der Waals surface area contributed by atoms with Gasteiger partial charge in [-0.1, -0.05) is 100 Å². The number of ether oxygens (including phenoxy) is 3. The molecule has 0 spiro atoms. The quantitative estimate of drug-likeness (QED) is 0.0683. The van der Waals surface area contributed by atoms with Crippen LogP contribution in [0, 0.1) is 27.7 Å². The fourth-order valence-electron chi connectivity index (χ4n) is 5.17. The van der Waals surface area contributed by atoms with E-state index in [1.165, 1.54) is 32.1 Å². The molecule has 262 valence electrons. The highest BCUT2D eigenvalue weighted by Gasteiger charge is 2.11. The van der Waals surface area contributed by atoms with Crippen molar-refractivity contribution in [3.63, 3.8) is 0 Å². The summed E-state index contributed by atoms with van der Waals surface area (Å²) in [7, 11) is 0. The summed E-state index contributed by atoms with van der Waals surface area (Å²) in [6.07, 6.45) is 13.6. The smallest absolute Gasteiger partial charge is 0.338 e. The molecule has 6 nitrogen and oxygen atoms in total. The second kappa shape index (κ2) is 23.4. The van der Waals surface area contributed by atoms with Gasteiger partial charge in [-0.3, -0.25) is 4.79 Å². The topological polar surface area (TPSA) is 78.9 Å². The van der Waals surface area contributed by atoms with Crippen molar-refractivity contribution >= 4 is 17.7 Å². The lowest BCUT2D eigenvalue weighted by Gasteiger charge is -2.09. The summed E-state index contributed by atoms with van der Waals surface area (Å²) in [6, 6.07) is 19.0. The number of ketones is 1. The molecule has 0 N–H and O–H groups in total. The minimum Gasteiger partial charge on any atom is -0.494 e. The van der Waals surface area contributed by atoms with E-state index < -0.39 is 0 Å². The Morgan fingerprint density at radius 2 is 0.938 bits per heavy atom. The molecule has 0 radical (unpaired) electrons. The molecular weight excluding hydrogens is 600 g/mol. The molecule has 3 aromatic rings. The van der Waals surface area contributed by atoms with Crippen LogP contribution in [-0.2, 0) is 9.47 Å². The van der Waals surface area contributed by atoms with Gasteiger partial charge in [-0.05, 0) is 101 Å². The normalized spacial score (nSPS) is 10.5. The molecule has 0 bridgehead atoms. The lowest BCUT2D eigenvalue weighted by atomic mass is 10.1. The first kappa shape index (κ1) is 40.2. The second-order valence-corrected chi connectivity index (χ2v) is 12.7. The molecule has 6 heteroatoms. The summed E-state index contributed by atoms with van der Waals surface area (Å²) in [5.41, 5.74) is 6.07. The summed E-state index contributed by atoms with van der Waals surface area (Å²) in [6.45, 7) is 13.3. The Labute approximate surface area is 289 Å². The van der Waals surface area contributed by atoms with E-state index in [9.17, 15) is 14.4 Å². The van der Waals surface area contributed by atoms with Gasteiger partial charge in [-0.25, -0.2) is 9.59 Å². The van der Waals surface area contributed by atoms with E-state index in [0.29, 0.717) is 24.3 Å². The zero-order valence-corrected chi connectivity index (χ0v) is 30.3. The molecule has 3 rings (SSSR count). The predicted molar refractivity (Wildman–Crippen MR) is 195 cm³/mol. The third-order valence-electron chi connectivity index (χ3n) is 8.26. The zero-order valence-electron chi connectivity index (χ0n) is 30.3. The largest absolute Gasteiger partial charge is 0.494 e. The molecule has 0 fully saturated rings. The summed E-state index contributed by atoms with van der Waals surface area (Å²) in [5, 5.41) is 0. The molecule has 0 aliphatic heterocycles. The van der Waals surface area contributed by atoms with Crippen LogP contribution in [-0.4, -0.2) is 37.5 Å². The molecule has 0 saturated heterocycles. The maximum atomic E-state index is 12.2.